The number of piperidine rings is 1. The van der Waals surface area contributed by atoms with Crippen LogP contribution in [0.15, 0.2) is 12.4 Å². The molecule has 0 bridgehead atoms. The summed E-state index contributed by atoms with van der Waals surface area (Å²) in [7, 11) is 0. The van der Waals surface area contributed by atoms with E-state index in [1.54, 1.807) is 0 Å². The number of aromatic amines is 1. The normalized spacial score (nSPS) is 40.1. The molecular weight excluding hydrogens is 352 g/mol. The maximum atomic E-state index is 13.2. The number of thioether (sulfide) groups is 1. The van der Waals surface area contributed by atoms with Crippen LogP contribution in [-0.4, -0.2) is 77.9 Å². The van der Waals surface area contributed by atoms with Gasteiger partial charge in [-0.2, -0.15) is 5.10 Å². The van der Waals surface area contributed by atoms with Crippen molar-refractivity contribution in [1.29, 1.82) is 0 Å². The van der Waals surface area contributed by atoms with Crippen molar-refractivity contribution in [2.45, 2.75) is 35.5 Å². The molecule has 1 aromatic rings. The van der Waals surface area contributed by atoms with Gasteiger partial charge in [0.1, 0.15) is 0 Å². The van der Waals surface area contributed by atoms with Crippen LogP contribution in [0.25, 0.3) is 0 Å². The van der Waals surface area contributed by atoms with Crippen LogP contribution >= 0.6 is 11.8 Å². The second-order valence-electron chi connectivity index (χ2n) is 7.67. The van der Waals surface area contributed by atoms with Crippen molar-refractivity contribution in [1.82, 2.24) is 20.4 Å². The molecule has 0 spiro atoms. The molecule has 142 valence electrons. The third-order valence-electron chi connectivity index (χ3n) is 6.32. The number of carbonyl (C=O) groups is 1. The first-order chi connectivity index (χ1) is 12.8. The molecule has 4 aliphatic rings. The van der Waals surface area contributed by atoms with Crippen LogP contribution in [0.4, 0.5) is 0 Å². The fraction of sp³-hybridized carbons (Fsp3) is 0.778. The van der Waals surface area contributed by atoms with Crippen molar-refractivity contribution in [3.63, 3.8) is 0 Å². The molecule has 0 saturated carbocycles. The predicted molar refractivity (Wildman–Crippen MR) is 97.9 cm³/mol. The molecule has 7 nitrogen and oxygen atoms in total. The Morgan fingerprint density at radius 1 is 1.31 bits per heavy atom. The van der Waals surface area contributed by atoms with Gasteiger partial charge >= 0.3 is 0 Å². The van der Waals surface area contributed by atoms with E-state index in [4.69, 9.17) is 9.47 Å². The molecule has 1 aromatic heterocycles. The highest BCUT2D eigenvalue weighted by atomic mass is 32.2. The fourth-order valence-corrected chi connectivity index (χ4v) is 6.93. The van der Waals surface area contributed by atoms with Crippen molar-refractivity contribution >= 4 is 17.7 Å². The molecule has 6 unspecified atom stereocenters. The van der Waals surface area contributed by atoms with Gasteiger partial charge in [-0.1, -0.05) is 0 Å². The number of carbonyl (C=O) groups excluding carboxylic acids is 1. The van der Waals surface area contributed by atoms with Gasteiger partial charge in [0.25, 0.3) is 0 Å². The van der Waals surface area contributed by atoms with Gasteiger partial charge in [0, 0.05) is 49.2 Å². The number of hydrogen-bond acceptors (Lipinski definition) is 6. The minimum Gasteiger partial charge on any atom is -0.378 e. The van der Waals surface area contributed by atoms with Crippen molar-refractivity contribution in [2.75, 3.05) is 39.5 Å². The molecular formula is C18H26N4O3S. The zero-order chi connectivity index (χ0) is 17.5. The Morgan fingerprint density at radius 3 is 3.00 bits per heavy atom. The third-order valence-corrected chi connectivity index (χ3v) is 7.98. The van der Waals surface area contributed by atoms with Crippen LogP contribution in [0, 0.1) is 11.8 Å². The lowest BCUT2D eigenvalue weighted by Crippen LogP contribution is -2.60. The second-order valence-corrected chi connectivity index (χ2v) is 9.05. The fourth-order valence-electron chi connectivity index (χ4n) is 5.12. The average molecular weight is 378 g/mol. The van der Waals surface area contributed by atoms with E-state index in [0.29, 0.717) is 48.6 Å². The molecule has 8 heteroatoms. The van der Waals surface area contributed by atoms with Crippen LogP contribution in [-0.2, 0) is 14.3 Å². The zero-order valence-electron chi connectivity index (χ0n) is 14.8. The van der Waals surface area contributed by atoms with Gasteiger partial charge in [0.2, 0.25) is 5.91 Å². The summed E-state index contributed by atoms with van der Waals surface area (Å²) in [6, 6.07) is -0.0813. The van der Waals surface area contributed by atoms with Crippen molar-refractivity contribution < 1.29 is 14.3 Å². The van der Waals surface area contributed by atoms with E-state index in [9.17, 15) is 4.79 Å². The summed E-state index contributed by atoms with van der Waals surface area (Å²) in [6.07, 6.45) is 6.17. The van der Waals surface area contributed by atoms with Crippen LogP contribution in [0.3, 0.4) is 0 Å². The SMILES string of the molecule is O=C(C1NCC2SC(c3cn[nH]c3)C3OCCCC1C23)N1CCOCC1. The molecule has 6 atom stereocenters. The third kappa shape index (κ3) is 2.87. The van der Waals surface area contributed by atoms with Crippen LogP contribution in [0.5, 0.6) is 0 Å². The lowest BCUT2D eigenvalue weighted by atomic mass is 9.74. The predicted octanol–water partition coefficient (Wildman–Crippen LogP) is 0.808. The Bertz CT molecular complexity index is 636. The van der Waals surface area contributed by atoms with E-state index in [0.717, 1.165) is 26.0 Å². The molecule has 4 fully saturated rings. The molecule has 0 aromatic carbocycles. The van der Waals surface area contributed by atoms with Crippen LogP contribution < -0.4 is 5.32 Å². The van der Waals surface area contributed by atoms with E-state index >= 15 is 0 Å². The van der Waals surface area contributed by atoms with E-state index < -0.39 is 0 Å². The average Bonchev–Trinajstić information content (AvgIpc) is 3.27. The maximum Gasteiger partial charge on any atom is 0.240 e. The number of H-pyrrole nitrogens is 1. The van der Waals surface area contributed by atoms with Gasteiger partial charge in [-0.25, -0.2) is 0 Å². The number of hydrogen-bond donors (Lipinski definition) is 2. The monoisotopic (exact) mass is 378 g/mol. The second kappa shape index (κ2) is 7.14. The number of ether oxygens (including phenoxy) is 2. The lowest BCUT2D eigenvalue weighted by molar-refractivity contribution is -0.141. The first-order valence-electron chi connectivity index (χ1n) is 9.68. The Labute approximate surface area is 157 Å². The maximum absolute atomic E-state index is 13.2. The van der Waals surface area contributed by atoms with Gasteiger partial charge < -0.3 is 19.7 Å². The summed E-state index contributed by atoms with van der Waals surface area (Å²) in [6.45, 7) is 4.39. The number of nitrogens with one attached hydrogen (secondary N) is 2. The van der Waals surface area contributed by atoms with Crippen LogP contribution in [0.1, 0.15) is 23.7 Å². The summed E-state index contributed by atoms with van der Waals surface area (Å²) < 4.78 is 11.8. The largest absolute Gasteiger partial charge is 0.378 e. The molecule has 5 heterocycles. The lowest BCUT2D eigenvalue weighted by Gasteiger charge is -2.42. The van der Waals surface area contributed by atoms with Gasteiger partial charge in [0.05, 0.1) is 36.8 Å². The Kier molecular flexibility index (Phi) is 4.68. The first kappa shape index (κ1) is 17.0. The highest BCUT2D eigenvalue weighted by Crippen LogP contribution is 2.55. The molecule has 1 amide bonds. The quantitative estimate of drug-likeness (QED) is 0.793. The molecule has 2 N–H and O–H groups in total. The highest BCUT2D eigenvalue weighted by Gasteiger charge is 2.55. The minimum atomic E-state index is -0.0813. The van der Waals surface area contributed by atoms with Gasteiger partial charge in [-0.05, 0) is 18.8 Å². The van der Waals surface area contributed by atoms with Gasteiger partial charge in [0.15, 0.2) is 0 Å². The molecule has 0 radical (unpaired) electrons. The summed E-state index contributed by atoms with van der Waals surface area (Å²) in [5.74, 6) is 1.04. The topological polar surface area (TPSA) is 79.5 Å². The summed E-state index contributed by atoms with van der Waals surface area (Å²) in [5, 5.41) is 11.5. The molecule has 26 heavy (non-hydrogen) atoms. The first-order valence-corrected chi connectivity index (χ1v) is 10.6. The summed E-state index contributed by atoms with van der Waals surface area (Å²) in [4.78, 5) is 15.2. The van der Waals surface area contributed by atoms with E-state index in [1.807, 2.05) is 29.1 Å². The number of nitrogens with zero attached hydrogens (tertiary/aromatic N) is 2. The smallest absolute Gasteiger partial charge is 0.240 e. The Hall–Kier alpha value is -1.09. The van der Waals surface area contributed by atoms with E-state index in [-0.39, 0.29) is 18.1 Å². The summed E-state index contributed by atoms with van der Waals surface area (Å²) >= 11 is 1.99. The van der Waals surface area contributed by atoms with Crippen molar-refractivity contribution in [3.8, 4) is 0 Å². The van der Waals surface area contributed by atoms with Gasteiger partial charge in [-0.3, -0.25) is 9.89 Å². The van der Waals surface area contributed by atoms with E-state index in [1.165, 1.54) is 5.56 Å². The molecule has 5 rings (SSSR count). The number of amides is 1. The van der Waals surface area contributed by atoms with Crippen molar-refractivity contribution in [2.24, 2.45) is 11.8 Å². The molecule has 4 aliphatic heterocycles. The Morgan fingerprint density at radius 2 is 2.19 bits per heavy atom. The van der Waals surface area contributed by atoms with Gasteiger partial charge in [-0.15, -0.1) is 11.8 Å². The standard InChI is InChI=1S/C18H26N4O3S/c23-18(22-3-6-24-7-4-22)15-12-2-1-5-25-16-14(12)13(10-19-15)26-17(16)11-8-20-21-9-11/h8-9,12-17,19H,1-7,10H2,(H,20,21). The number of rotatable bonds is 2. The van der Waals surface area contributed by atoms with Crippen molar-refractivity contribution in [3.05, 3.63) is 18.0 Å². The summed E-state index contributed by atoms with van der Waals surface area (Å²) in [5.41, 5.74) is 1.21. The van der Waals surface area contributed by atoms with Crippen LogP contribution in [0.2, 0.25) is 0 Å². The van der Waals surface area contributed by atoms with E-state index in [2.05, 4.69) is 15.5 Å². The number of morpholine rings is 1. The Balaban J connectivity index is 1.40. The zero-order valence-corrected chi connectivity index (χ0v) is 15.6. The minimum absolute atomic E-state index is 0.0813. The highest BCUT2D eigenvalue weighted by molar-refractivity contribution is 8.00. The number of aromatic nitrogens is 2. The molecule has 4 saturated heterocycles. The molecule has 0 aliphatic carbocycles.